The molecule has 6 atom stereocenters. The topological polar surface area (TPSA) is 122 Å². The van der Waals surface area contributed by atoms with Gasteiger partial charge in [0.2, 0.25) is 5.72 Å². The van der Waals surface area contributed by atoms with E-state index in [0.717, 1.165) is 31.2 Å². The zero-order chi connectivity index (χ0) is 22.3. The molecular formula is C22H29N5O4S. The fourth-order valence-electron chi connectivity index (χ4n) is 4.93. The van der Waals surface area contributed by atoms with E-state index < -0.39 is 35.7 Å². The maximum Gasteiger partial charge on any atom is 0.208 e. The van der Waals surface area contributed by atoms with Crippen LogP contribution in [0.2, 0.25) is 0 Å². The summed E-state index contributed by atoms with van der Waals surface area (Å²) in [5.41, 5.74) is -0.275. The number of thiol groups is 1. The van der Waals surface area contributed by atoms with Crippen molar-refractivity contribution in [2.45, 2.75) is 73.8 Å². The van der Waals surface area contributed by atoms with Gasteiger partial charge in [-0.05, 0) is 18.4 Å². The molecular weight excluding hydrogens is 430 g/mol. The Morgan fingerprint density at radius 1 is 1.22 bits per heavy atom. The van der Waals surface area contributed by atoms with Crippen molar-refractivity contribution < 1.29 is 20.1 Å². The standard InChI is InChI=1S/C22H29N5O4S/c28-11-15-16(29)17(32)20(31-15)27-19-18(26-21(27)25-14-8-4-5-9-14)22(30,24-12-23-19)10-13-6-2-1-3-7-13/h1-3,6-7,12,14-17,20-21,25,28-30,32H,4-5,8-11H2/t15-,16-,17-,20-,21?,22?/m1/s1. The van der Waals surface area contributed by atoms with Gasteiger partial charge in [-0.25, -0.2) is 15.0 Å². The smallest absolute Gasteiger partial charge is 0.208 e. The fourth-order valence-corrected chi connectivity index (χ4v) is 5.34. The van der Waals surface area contributed by atoms with E-state index in [0.29, 0.717) is 11.5 Å². The lowest BCUT2D eigenvalue weighted by molar-refractivity contribution is -0.0676. The second-order valence-electron chi connectivity index (χ2n) is 8.81. The van der Waals surface area contributed by atoms with Crippen LogP contribution in [0, 0.1) is 0 Å². The molecule has 172 valence electrons. The van der Waals surface area contributed by atoms with Gasteiger partial charge in [0.15, 0.2) is 12.1 Å². The summed E-state index contributed by atoms with van der Waals surface area (Å²) in [5, 5.41) is 34.6. The molecule has 0 aromatic heterocycles. The van der Waals surface area contributed by atoms with Crippen molar-refractivity contribution in [2.75, 3.05) is 6.61 Å². The molecule has 0 bridgehead atoms. The van der Waals surface area contributed by atoms with Crippen molar-refractivity contribution in [1.29, 1.82) is 0 Å². The minimum atomic E-state index is -1.57. The van der Waals surface area contributed by atoms with Crippen molar-refractivity contribution in [1.82, 2.24) is 10.2 Å². The van der Waals surface area contributed by atoms with Gasteiger partial charge in [-0.1, -0.05) is 43.2 Å². The summed E-state index contributed by atoms with van der Waals surface area (Å²) in [6.07, 6.45) is 3.10. The number of benzene rings is 1. The lowest BCUT2D eigenvalue weighted by Crippen LogP contribution is -2.56. The first-order valence-corrected chi connectivity index (χ1v) is 11.6. The van der Waals surface area contributed by atoms with E-state index in [2.05, 4.69) is 27.9 Å². The second kappa shape index (κ2) is 8.85. The Balaban J connectivity index is 1.48. The van der Waals surface area contributed by atoms with Crippen LogP contribution in [0.1, 0.15) is 31.2 Å². The highest BCUT2D eigenvalue weighted by molar-refractivity contribution is 7.81. The molecule has 0 radical (unpaired) electrons. The first-order chi connectivity index (χ1) is 15.5. The number of nitrogens with one attached hydrogen (secondary N) is 1. The monoisotopic (exact) mass is 459 g/mol. The summed E-state index contributed by atoms with van der Waals surface area (Å²) in [4.78, 5) is 15.4. The average Bonchev–Trinajstić information content (AvgIpc) is 3.49. The molecule has 9 nitrogen and oxygen atoms in total. The Morgan fingerprint density at radius 2 is 1.97 bits per heavy atom. The van der Waals surface area contributed by atoms with Gasteiger partial charge in [0.25, 0.3) is 0 Å². The minimum Gasteiger partial charge on any atom is -0.394 e. The van der Waals surface area contributed by atoms with Crippen molar-refractivity contribution in [2.24, 2.45) is 15.0 Å². The number of nitrogens with zero attached hydrogens (tertiary/aromatic N) is 4. The van der Waals surface area contributed by atoms with Gasteiger partial charge in [0.05, 0.1) is 18.0 Å². The number of amidine groups is 1. The first-order valence-electron chi connectivity index (χ1n) is 11.1. The molecule has 5 rings (SSSR count). The summed E-state index contributed by atoms with van der Waals surface area (Å²) >= 11 is 4.58. The van der Waals surface area contributed by atoms with Gasteiger partial charge in [-0.3, -0.25) is 10.2 Å². The highest BCUT2D eigenvalue weighted by Gasteiger charge is 2.53. The van der Waals surface area contributed by atoms with E-state index in [1.165, 1.54) is 6.34 Å². The number of hydrogen-bond donors (Lipinski definition) is 5. The van der Waals surface area contributed by atoms with E-state index in [1.54, 1.807) is 0 Å². The molecule has 32 heavy (non-hydrogen) atoms. The molecule has 2 unspecified atom stereocenters. The Bertz CT molecular complexity index is 922. The van der Waals surface area contributed by atoms with Crippen LogP contribution in [-0.2, 0) is 11.2 Å². The molecule has 3 heterocycles. The van der Waals surface area contributed by atoms with Crippen LogP contribution in [-0.4, -0.2) is 86.5 Å². The average molecular weight is 460 g/mol. The van der Waals surface area contributed by atoms with E-state index in [1.807, 2.05) is 35.2 Å². The number of aliphatic hydroxyl groups excluding tert-OH is 2. The highest BCUT2D eigenvalue weighted by Crippen LogP contribution is 2.35. The van der Waals surface area contributed by atoms with Crippen molar-refractivity contribution >= 4 is 30.5 Å². The summed E-state index contributed by atoms with van der Waals surface area (Å²) in [6.45, 7) is -0.317. The normalized spacial score (nSPS) is 37.0. The van der Waals surface area contributed by atoms with Crippen LogP contribution in [0.25, 0.3) is 0 Å². The molecule has 1 aromatic rings. The van der Waals surface area contributed by atoms with Gasteiger partial charge < -0.3 is 20.1 Å². The fraction of sp³-hybridized carbons (Fsp3) is 0.591. The number of rotatable bonds is 6. The molecule has 2 fully saturated rings. The molecule has 0 spiro atoms. The molecule has 1 saturated heterocycles. The molecule has 0 amide bonds. The van der Waals surface area contributed by atoms with Crippen LogP contribution < -0.4 is 5.32 Å². The lowest BCUT2D eigenvalue weighted by atomic mass is 9.97. The van der Waals surface area contributed by atoms with Gasteiger partial charge in [0.1, 0.15) is 24.4 Å². The van der Waals surface area contributed by atoms with Crippen molar-refractivity contribution in [3.63, 3.8) is 0 Å². The molecule has 1 saturated carbocycles. The zero-order valence-electron chi connectivity index (χ0n) is 17.7. The van der Waals surface area contributed by atoms with Crippen molar-refractivity contribution in [3.05, 3.63) is 35.9 Å². The maximum atomic E-state index is 11.5. The predicted octanol–water partition coefficient (Wildman–Crippen LogP) is 0.307. The third-order valence-corrected chi connectivity index (χ3v) is 7.19. The molecule has 10 heteroatoms. The SMILES string of the molecule is OC[C@H]1O[C@@H](N2C3=NC=NC(O)(Cc4ccccc4)C3=NC2NC2CCCC2)[C@H](S)[C@@H]1O. The lowest BCUT2D eigenvalue weighted by Gasteiger charge is -2.35. The molecule has 4 N–H and O–H groups in total. The first kappa shape index (κ1) is 22.0. The number of fused-ring (bicyclic) bond motifs is 1. The number of hydrogen-bond acceptors (Lipinski definition) is 10. The van der Waals surface area contributed by atoms with Crippen molar-refractivity contribution in [3.8, 4) is 0 Å². The van der Waals surface area contributed by atoms with Gasteiger partial charge in [-0.15, -0.1) is 0 Å². The van der Waals surface area contributed by atoms with Crippen LogP contribution in [0.15, 0.2) is 45.3 Å². The van der Waals surface area contributed by atoms with Crippen LogP contribution in [0.4, 0.5) is 0 Å². The maximum absolute atomic E-state index is 11.5. The summed E-state index contributed by atoms with van der Waals surface area (Å²) < 4.78 is 5.98. The Hall–Kier alpha value is -1.82. The third kappa shape index (κ3) is 3.89. The summed E-state index contributed by atoms with van der Waals surface area (Å²) in [7, 11) is 0. The van der Waals surface area contributed by atoms with E-state index in [9.17, 15) is 15.3 Å². The van der Waals surface area contributed by atoms with E-state index in [4.69, 9.17) is 9.73 Å². The number of aliphatic hydroxyl groups is 3. The second-order valence-corrected chi connectivity index (χ2v) is 9.41. The number of ether oxygens (including phenoxy) is 1. The molecule has 1 aliphatic carbocycles. The third-order valence-electron chi connectivity index (χ3n) is 6.63. The molecule has 3 aliphatic heterocycles. The molecule has 1 aromatic carbocycles. The Morgan fingerprint density at radius 3 is 2.66 bits per heavy atom. The van der Waals surface area contributed by atoms with Crippen LogP contribution in [0.3, 0.4) is 0 Å². The zero-order valence-corrected chi connectivity index (χ0v) is 18.6. The highest BCUT2D eigenvalue weighted by atomic mass is 32.1. The van der Waals surface area contributed by atoms with Gasteiger partial charge in [-0.2, -0.15) is 12.6 Å². The van der Waals surface area contributed by atoms with Gasteiger partial charge in [0, 0.05) is 12.5 Å². The van der Waals surface area contributed by atoms with E-state index in [-0.39, 0.29) is 19.1 Å². The largest absolute Gasteiger partial charge is 0.394 e. The van der Waals surface area contributed by atoms with Crippen LogP contribution >= 0.6 is 12.6 Å². The quantitative estimate of drug-likeness (QED) is 0.390. The summed E-state index contributed by atoms with van der Waals surface area (Å²) in [5.74, 6) is 0.448. The Kier molecular flexibility index (Phi) is 6.08. The molecule has 4 aliphatic rings. The predicted molar refractivity (Wildman–Crippen MR) is 124 cm³/mol. The minimum absolute atomic E-state index is 0.254. The Labute approximate surface area is 192 Å². The summed E-state index contributed by atoms with van der Waals surface area (Å²) in [6, 6.07) is 9.92. The number of aliphatic imine (C=N–C) groups is 3. The van der Waals surface area contributed by atoms with E-state index >= 15 is 0 Å². The van der Waals surface area contributed by atoms with Gasteiger partial charge >= 0.3 is 0 Å². The van der Waals surface area contributed by atoms with Crippen LogP contribution in [0.5, 0.6) is 0 Å².